The van der Waals surface area contributed by atoms with E-state index in [0.29, 0.717) is 11.5 Å². The van der Waals surface area contributed by atoms with Crippen LogP contribution in [0.2, 0.25) is 0 Å². The van der Waals surface area contributed by atoms with Crippen molar-refractivity contribution in [2.24, 2.45) is 0 Å². The van der Waals surface area contributed by atoms with Crippen molar-refractivity contribution in [1.29, 1.82) is 0 Å². The van der Waals surface area contributed by atoms with Gasteiger partial charge in [-0.25, -0.2) is 13.1 Å². The van der Waals surface area contributed by atoms with Gasteiger partial charge < -0.3 is 9.47 Å². The molecule has 0 radical (unpaired) electrons. The molecular weight excluding hydrogens is 278 g/mol. The summed E-state index contributed by atoms with van der Waals surface area (Å²) in [4.78, 5) is 0. The molecule has 1 heterocycles. The van der Waals surface area contributed by atoms with E-state index in [4.69, 9.17) is 21.1 Å². The number of hydrogen-bond donors (Lipinski definition) is 1. The van der Waals surface area contributed by atoms with Crippen LogP contribution in [0.4, 0.5) is 0 Å². The third-order valence-corrected chi connectivity index (χ3v) is 4.47. The minimum atomic E-state index is -3.35. The van der Waals surface area contributed by atoms with Crippen LogP contribution < -0.4 is 14.2 Å². The molecule has 0 saturated carbocycles. The maximum atomic E-state index is 11.6. The molecule has 0 amide bonds. The predicted octanol–water partition coefficient (Wildman–Crippen LogP) is 1.63. The van der Waals surface area contributed by atoms with Gasteiger partial charge in [-0.1, -0.05) is 6.07 Å². The van der Waals surface area contributed by atoms with Crippen LogP contribution in [0.5, 0.6) is 11.5 Å². The lowest BCUT2D eigenvalue weighted by Gasteiger charge is -2.14. The molecule has 5 nitrogen and oxygen atoms in total. The molecule has 18 heavy (non-hydrogen) atoms. The SMILES string of the molecule is CC(NS(=O)(=O)CCCl)c1ccc2c(c1)OCO2. The molecule has 0 aromatic heterocycles. The first-order valence-corrected chi connectivity index (χ1v) is 7.66. The summed E-state index contributed by atoms with van der Waals surface area (Å²) in [6.07, 6.45) is 0. The van der Waals surface area contributed by atoms with Crippen molar-refractivity contribution in [2.45, 2.75) is 13.0 Å². The van der Waals surface area contributed by atoms with E-state index in [1.54, 1.807) is 25.1 Å². The molecule has 1 N–H and O–H groups in total. The summed E-state index contributed by atoms with van der Waals surface area (Å²) in [6.45, 7) is 1.97. The number of ether oxygens (including phenoxy) is 2. The van der Waals surface area contributed by atoms with Gasteiger partial charge in [0.1, 0.15) is 0 Å². The zero-order chi connectivity index (χ0) is 13.2. The number of alkyl halides is 1. The fraction of sp³-hybridized carbons (Fsp3) is 0.455. The number of sulfonamides is 1. The van der Waals surface area contributed by atoms with Crippen molar-refractivity contribution in [1.82, 2.24) is 4.72 Å². The van der Waals surface area contributed by atoms with E-state index in [2.05, 4.69) is 4.72 Å². The molecule has 0 fully saturated rings. The van der Waals surface area contributed by atoms with E-state index in [1.165, 1.54) is 0 Å². The van der Waals surface area contributed by atoms with Crippen LogP contribution in [0.15, 0.2) is 18.2 Å². The minimum Gasteiger partial charge on any atom is -0.454 e. The molecule has 2 rings (SSSR count). The minimum absolute atomic E-state index is 0.0726. The lowest BCUT2D eigenvalue weighted by atomic mass is 10.1. The van der Waals surface area contributed by atoms with E-state index in [1.807, 2.05) is 0 Å². The Balaban J connectivity index is 2.12. The van der Waals surface area contributed by atoms with Crippen molar-refractivity contribution in [2.75, 3.05) is 18.4 Å². The Morgan fingerprint density at radius 2 is 2.11 bits per heavy atom. The second-order valence-corrected chi connectivity index (χ2v) is 6.21. The van der Waals surface area contributed by atoms with Crippen molar-refractivity contribution in [3.8, 4) is 11.5 Å². The van der Waals surface area contributed by atoms with E-state index in [-0.39, 0.29) is 24.5 Å². The number of benzene rings is 1. The standard InChI is InChI=1S/C11H14ClNO4S/c1-8(13-18(14,15)5-4-12)9-2-3-10-11(6-9)17-7-16-10/h2-3,6,8,13H,4-5,7H2,1H3. The van der Waals surface area contributed by atoms with Gasteiger partial charge in [-0.2, -0.15) is 0 Å². The van der Waals surface area contributed by atoms with E-state index in [0.717, 1.165) is 5.56 Å². The molecule has 100 valence electrons. The Morgan fingerprint density at radius 3 is 2.83 bits per heavy atom. The Bertz CT molecular complexity index is 532. The van der Waals surface area contributed by atoms with Crippen molar-refractivity contribution >= 4 is 21.6 Å². The van der Waals surface area contributed by atoms with Gasteiger partial charge in [-0.05, 0) is 24.6 Å². The van der Waals surface area contributed by atoms with Crippen molar-refractivity contribution in [3.63, 3.8) is 0 Å². The number of halogens is 1. The molecule has 0 spiro atoms. The molecule has 1 unspecified atom stereocenters. The topological polar surface area (TPSA) is 64.6 Å². The summed E-state index contributed by atoms with van der Waals surface area (Å²) in [6, 6.07) is 5.01. The van der Waals surface area contributed by atoms with Crippen LogP contribution in [0.3, 0.4) is 0 Å². The van der Waals surface area contributed by atoms with Crippen LogP contribution in [-0.2, 0) is 10.0 Å². The Kier molecular flexibility index (Phi) is 3.99. The molecule has 1 aromatic carbocycles. The fourth-order valence-electron chi connectivity index (χ4n) is 1.68. The maximum absolute atomic E-state index is 11.6. The summed E-state index contributed by atoms with van der Waals surface area (Å²) in [5, 5.41) is 0. The summed E-state index contributed by atoms with van der Waals surface area (Å²) in [7, 11) is -3.35. The monoisotopic (exact) mass is 291 g/mol. The first kappa shape index (κ1) is 13.5. The van der Waals surface area contributed by atoms with Gasteiger partial charge in [0.05, 0.1) is 5.75 Å². The molecule has 7 heteroatoms. The number of nitrogens with one attached hydrogen (secondary N) is 1. The zero-order valence-corrected chi connectivity index (χ0v) is 11.4. The largest absolute Gasteiger partial charge is 0.454 e. The van der Waals surface area contributed by atoms with Crippen LogP contribution in [0.25, 0.3) is 0 Å². The highest BCUT2D eigenvalue weighted by Gasteiger charge is 2.19. The molecule has 0 saturated heterocycles. The van der Waals surface area contributed by atoms with E-state index >= 15 is 0 Å². The average Bonchev–Trinajstić information content (AvgIpc) is 2.74. The number of hydrogen-bond acceptors (Lipinski definition) is 4. The average molecular weight is 292 g/mol. The van der Waals surface area contributed by atoms with Crippen LogP contribution in [0.1, 0.15) is 18.5 Å². The highest BCUT2D eigenvalue weighted by atomic mass is 35.5. The smallest absolute Gasteiger partial charge is 0.231 e. The molecule has 1 aromatic rings. The molecule has 0 bridgehead atoms. The first-order chi connectivity index (χ1) is 8.52. The lowest BCUT2D eigenvalue weighted by molar-refractivity contribution is 0.174. The molecule has 1 aliphatic heterocycles. The predicted molar refractivity (Wildman–Crippen MR) is 68.6 cm³/mol. The quantitative estimate of drug-likeness (QED) is 0.838. The molecule has 0 aliphatic carbocycles. The molecule has 1 atom stereocenters. The van der Waals surface area contributed by atoms with Crippen molar-refractivity contribution < 1.29 is 17.9 Å². The van der Waals surface area contributed by atoms with E-state index < -0.39 is 10.0 Å². The third kappa shape index (κ3) is 3.07. The summed E-state index contributed by atoms with van der Waals surface area (Å²) < 4.78 is 36.2. The Morgan fingerprint density at radius 1 is 1.39 bits per heavy atom. The maximum Gasteiger partial charge on any atom is 0.231 e. The highest BCUT2D eigenvalue weighted by Crippen LogP contribution is 2.34. The summed E-state index contributed by atoms with van der Waals surface area (Å²) in [5.41, 5.74) is 0.817. The second-order valence-electron chi connectivity index (χ2n) is 3.96. The second kappa shape index (κ2) is 5.34. The third-order valence-electron chi connectivity index (χ3n) is 2.60. The zero-order valence-electron chi connectivity index (χ0n) is 9.85. The van der Waals surface area contributed by atoms with Crippen molar-refractivity contribution in [3.05, 3.63) is 23.8 Å². The fourth-order valence-corrected chi connectivity index (χ4v) is 3.29. The summed E-state index contributed by atoms with van der Waals surface area (Å²) in [5.74, 6) is 1.29. The normalized spacial score (nSPS) is 15.7. The highest BCUT2D eigenvalue weighted by molar-refractivity contribution is 7.89. The van der Waals surface area contributed by atoms with Gasteiger partial charge >= 0.3 is 0 Å². The number of rotatable bonds is 5. The lowest BCUT2D eigenvalue weighted by Crippen LogP contribution is -2.29. The first-order valence-electron chi connectivity index (χ1n) is 5.47. The molecular formula is C11H14ClNO4S. The van der Waals surface area contributed by atoms with Gasteiger partial charge in [-0.3, -0.25) is 0 Å². The van der Waals surface area contributed by atoms with Gasteiger partial charge in [0.25, 0.3) is 0 Å². The Labute approximate surface area is 111 Å². The van der Waals surface area contributed by atoms with Gasteiger partial charge in [0.15, 0.2) is 11.5 Å². The van der Waals surface area contributed by atoms with Crippen LogP contribution >= 0.6 is 11.6 Å². The number of fused-ring (bicyclic) bond motifs is 1. The Hall–Kier alpha value is -0.980. The van der Waals surface area contributed by atoms with Gasteiger partial charge in [0, 0.05) is 11.9 Å². The van der Waals surface area contributed by atoms with E-state index in [9.17, 15) is 8.42 Å². The van der Waals surface area contributed by atoms with Crippen LogP contribution in [-0.4, -0.2) is 26.8 Å². The van der Waals surface area contributed by atoms with Crippen LogP contribution in [0, 0.1) is 0 Å². The molecule has 1 aliphatic rings. The summed E-state index contributed by atoms with van der Waals surface area (Å²) >= 11 is 5.44. The van der Waals surface area contributed by atoms with Gasteiger partial charge in [-0.15, -0.1) is 11.6 Å². The van der Waals surface area contributed by atoms with Gasteiger partial charge in [0.2, 0.25) is 16.8 Å².